The predicted molar refractivity (Wildman–Crippen MR) is 83.0 cm³/mol. The van der Waals surface area contributed by atoms with Crippen molar-refractivity contribution in [2.45, 2.75) is 18.0 Å². The summed E-state index contributed by atoms with van der Waals surface area (Å²) in [5.74, 6) is 0. The molecule has 0 amide bonds. The van der Waals surface area contributed by atoms with Crippen LogP contribution >= 0.6 is 0 Å². The first-order valence-electron chi connectivity index (χ1n) is 7.18. The van der Waals surface area contributed by atoms with E-state index in [4.69, 9.17) is 0 Å². The van der Waals surface area contributed by atoms with Crippen LogP contribution < -0.4 is 5.32 Å². The van der Waals surface area contributed by atoms with E-state index in [0.29, 0.717) is 11.9 Å². The van der Waals surface area contributed by atoms with Crippen molar-refractivity contribution in [1.82, 2.24) is 14.6 Å². The Kier molecular flexibility index (Phi) is 4.12. The molecule has 1 aliphatic rings. The van der Waals surface area contributed by atoms with Crippen molar-refractivity contribution in [3.05, 3.63) is 36.2 Å². The van der Waals surface area contributed by atoms with Crippen LogP contribution in [-0.4, -0.2) is 50.1 Å². The lowest BCUT2D eigenvalue weighted by molar-refractivity contribution is 0.284. The van der Waals surface area contributed by atoms with Crippen LogP contribution in [0.15, 0.2) is 35.5 Å². The first-order valence-corrected chi connectivity index (χ1v) is 8.62. The van der Waals surface area contributed by atoms with E-state index in [9.17, 15) is 12.8 Å². The van der Waals surface area contributed by atoms with Gasteiger partial charge in [-0.3, -0.25) is 4.98 Å². The molecular weight excluding hydrogens is 305 g/mol. The number of benzene rings is 1. The summed E-state index contributed by atoms with van der Waals surface area (Å²) in [6, 6.07) is 5.10. The second kappa shape index (κ2) is 5.91. The molecule has 1 aliphatic heterocycles. The van der Waals surface area contributed by atoms with Crippen molar-refractivity contribution in [2.75, 3.05) is 26.2 Å². The molecule has 0 aliphatic carbocycles. The number of nitrogens with zero attached hydrogens (tertiary/aromatic N) is 2. The molecule has 1 aromatic heterocycles. The fourth-order valence-corrected chi connectivity index (χ4v) is 4.54. The summed E-state index contributed by atoms with van der Waals surface area (Å²) >= 11 is 0. The van der Waals surface area contributed by atoms with E-state index >= 15 is 0 Å². The molecule has 118 valence electrons. The summed E-state index contributed by atoms with van der Waals surface area (Å²) in [6.45, 7) is 2.62. The minimum atomic E-state index is -3.74. The van der Waals surface area contributed by atoms with Gasteiger partial charge in [-0.15, -0.1) is 0 Å². The van der Waals surface area contributed by atoms with Crippen molar-refractivity contribution < 1.29 is 12.8 Å². The first-order chi connectivity index (χ1) is 10.5. The summed E-state index contributed by atoms with van der Waals surface area (Å²) in [6.07, 6.45) is 2.09. The van der Waals surface area contributed by atoms with Crippen molar-refractivity contribution in [1.29, 1.82) is 0 Å². The SMILES string of the molecule is Cc1cncc2cccc(S(=O)(=O)N3CCNCC(F)C3)c12. The van der Waals surface area contributed by atoms with Crippen LogP contribution in [0.1, 0.15) is 5.56 Å². The zero-order chi connectivity index (χ0) is 15.7. The van der Waals surface area contributed by atoms with E-state index in [-0.39, 0.29) is 24.5 Å². The van der Waals surface area contributed by atoms with Crippen LogP contribution in [-0.2, 0) is 10.0 Å². The Morgan fingerprint density at radius 2 is 2.18 bits per heavy atom. The maximum absolute atomic E-state index is 13.8. The van der Waals surface area contributed by atoms with E-state index in [1.165, 1.54) is 4.31 Å². The third-order valence-corrected chi connectivity index (χ3v) is 5.77. The lowest BCUT2D eigenvalue weighted by atomic mass is 10.1. The molecule has 22 heavy (non-hydrogen) atoms. The van der Waals surface area contributed by atoms with Gasteiger partial charge in [-0.25, -0.2) is 12.8 Å². The molecule has 0 bridgehead atoms. The van der Waals surface area contributed by atoms with Crippen LogP contribution in [0.5, 0.6) is 0 Å². The second-order valence-electron chi connectivity index (χ2n) is 5.48. The highest BCUT2D eigenvalue weighted by Crippen LogP contribution is 2.28. The van der Waals surface area contributed by atoms with Crippen LogP contribution in [0.25, 0.3) is 10.8 Å². The fraction of sp³-hybridized carbons (Fsp3) is 0.400. The lowest BCUT2D eigenvalue weighted by Gasteiger charge is -2.22. The summed E-state index contributed by atoms with van der Waals surface area (Å²) in [5.41, 5.74) is 0.793. The summed E-state index contributed by atoms with van der Waals surface area (Å²) in [5, 5.41) is 4.33. The van der Waals surface area contributed by atoms with E-state index < -0.39 is 16.2 Å². The molecule has 5 nitrogen and oxygen atoms in total. The third kappa shape index (κ3) is 2.71. The standard InChI is InChI=1S/C15H18FN3O2S/c1-11-7-18-8-12-3-2-4-14(15(11)12)22(20,21)19-6-5-17-9-13(16)10-19/h2-4,7-8,13,17H,5-6,9-10H2,1H3. The number of fused-ring (bicyclic) bond motifs is 1. The second-order valence-corrected chi connectivity index (χ2v) is 7.38. The highest BCUT2D eigenvalue weighted by atomic mass is 32.2. The Morgan fingerprint density at radius 1 is 1.36 bits per heavy atom. The van der Waals surface area contributed by atoms with E-state index in [1.807, 2.05) is 13.0 Å². The predicted octanol–water partition coefficient (Wildman–Crippen LogP) is 1.48. The number of hydrogen-bond donors (Lipinski definition) is 1. The van der Waals surface area contributed by atoms with Gasteiger partial charge in [0.15, 0.2) is 0 Å². The lowest BCUT2D eigenvalue weighted by Crippen LogP contribution is -2.36. The van der Waals surface area contributed by atoms with Crippen LogP contribution in [0.4, 0.5) is 4.39 Å². The number of aromatic nitrogens is 1. The van der Waals surface area contributed by atoms with E-state index in [2.05, 4.69) is 10.3 Å². The molecule has 7 heteroatoms. The fourth-order valence-electron chi connectivity index (χ4n) is 2.78. The molecular formula is C15H18FN3O2S. The molecule has 0 saturated carbocycles. The molecule has 2 heterocycles. The highest BCUT2D eigenvalue weighted by molar-refractivity contribution is 7.89. The smallest absolute Gasteiger partial charge is 0.243 e. The van der Waals surface area contributed by atoms with Gasteiger partial charge in [0.25, 0.3) is 0 Å². The van der Waals surface area contributed by atoms with Gasteiger partial charge in [-0.05, 0) is 18.6 Å². The molecule has 0 spiro atoms. The van der Waals surface area contributed by atoms with Crippen LogP contribution in [0.3, 0.4) is 0 Å². The van der Waals surface area contributed by atoms with Gasteiger partial charge in [-0.2, -0.15) is 4.31 Å². The van der Waals surface area contributed by atoms with Gasteiger partial charge < -0.3 is 5.32 Å². The summed E-state index contributed by atoms with van der Waals surface area (Å²) < 4.78 is 40.9. The van der Waals surface area contributed by atoms with Gasteiger partial charge in [0.1, 0.15) is 6.17 Å². The third-order valence-electron chi connectivity index (χ3n) is 3.86. The van der Waals surface area contributed by atoms with Gasteiger partial charge in [0, 0.05) is 49.3 Å². The Hall–Kier alpha value is -1.57. The number of aryl methyl sites for hydroxylation is 1. The van der Waals surface area contributed by atoms with E-state index in [0.717, 1.165) is 10.9 Å². The topological polar surface area (TPSA) is 62.3 Å². The van der Waals surface area contributed by atoms with Crippen molar-refractivity contribution in [3.63, 3.8) is 0 Å². The average Bonchev–Trinajstić information content (AvgIpc) is 2.72. The molecule has 1 saturated heterocycles. The number of halogens is 1. The number of hydrogen-bond acceptors (Lipinski definition) is 4. The monoisotopic (exact) mass is 323 g/mol. The largest absolute Gasteiger partial charge is 0.312 e. The number of alkyl halides is 1. The number of nitrogens with one attached hydrogen (secondary N) is 1. The molecule has 1 aromatic carbocycles. The zero-order valence-electron chi connectivity index (χ0n) is 12.3. The number of sulfonamides is 1. The van der Waals surface area contributed by atoms with E-state index in [1.54, 1.807) is 24.5 Å². The zero-order valence-corrected chi connectivity index (χ0v) is 13.1. The molecule has 1 unspecified atom stereocenters. The Morgan fingerprint density at radius 3 is 3.00 bits per heavy atom. The molecule has 1 atom stereocenters. The summed E-state index contributed by atoms with van der Waals surface area (Å²) in [4.78, 5) is 4.32. The Labute approximate surface area is 129 Å². The van der Waals surface area contributed by atoms with Crippen molar-refractivity contribution in [2.24, 2.45) is 0 Å². The average molecular weight is 323 g/mol. The van der Waals surface area contributed by atoms with Gasteiger partial charge in [-0.1, -0.05) is 12.1 Å². The quantitative estimate of drug-likeness (QED) is 0.909. The molecule has 1 N–H and O–H groups in total. The molecule has 0 radical (unpaired) electrons. The Balaban J connectivity index is 2.13. The van der Waals surface area contributed by atoms with Crippen LogP contribution in [0, 0.1) is 6.92 Å². The maximum atomic E-state index is 13.8. The van der Waals surface area contributed by atoms with Crippen LogP contribution in [0.2, 0.25) is 0 Å². The normalized spacial score (nSPS) is 20.9. The van der Waals surface area contributed by atoms with Crippen molar-refractivity contribution in [3.8, 4) is 0 Å². The molecule has 3 rings (SSSR count). The number of rotatable bonds is 2. The van der Waals surface area contributed by atoms with Crippen molar-refractivity contribution >= 4 is 20.8 Å². The maximum Gasteiger partial charge on any atom is 0.243 e. The molecule has 1 fully saturated rings. The van der Waals surface area contributed by atoms with Gasteiger partial charge in [0.2, 0.25) is 10.0 Å². The number of pyridine rings is 1. The summed E-state index contributed by atoms with van der Waals surface area (Å²) in [7, 11) is -3.74. The van der Waals surface area contributed by atoms with Gasteiger partial charge >= 0.3 is 0 Å². The highest BCUT2D eigenvalue weighted by Gasteiger charge is 2.30. The molecule has 2 aromatic rings. The minimum absolute atomic E-state index is 0.115. The van der Waals surface area contributed by atoms with Gasteiger partial charge in [0.05, 0.1) is 4.90 Å². The first kappa shape index (κ1) is 15.3. The minimum Gasteiger partial charge on any atom is -0.312 e. The Bertz CT molecular complexity index is 789.